The van der Waals surface area contributed by atoms with E-state index >= 15 is 0 Å². The molecule has 0 bridgehead atoms. The fourth-order valence-electron chi connectivity index (χ4n) is 13.4. The van der Waals surface area contributed by atoms with E-state index < -0.39 is 0 Å². The van der Waals surface area contributed by atoms with Crippen LogP contribution in [-0.2, 0) is 21.7 Å². The Hall–Kier alpha value is -7.68. The number of nitrogens with zero attached hydrogens (tertiary/aromatic N) is 2. The zero-order valence-electron chi connectivity index (χ0n) is 41.2. The van der Waals surface area contributed by atoms with Crippen LogP contribution >= 0.6 is 0 Å². The fraction of sp³-hybridized carbons (Fsp3) is 0.176. The minimum absolute atomic E-state index is 0.147. The number of aromatic nitrogens is 2. The standard InChI is InChI=1S/C68H54N2/c1-65(2)54-21-13-9-17-44(54)48-29-25-39(35-58(48)65)52-33-43-34-53(40-26-30-49-45-18-10-14-22-55(45)66(3,4)59(49)36-40)63(42-28-32-51-47-20-12-16-24-57(47)68(7,8)61(51)38-42)70-64(43)69-62(52)41-27-31-50-46-19-11-15-23-56(46)67(5,6)60(50)37-41/h9-38H,1-8H3. The smallest absolute Gasteiger partial charge is 0.160 e. The van der Waals surface area contributed by atoms with Crippen molar-refractivity contribution in [2.75, 3.05) is 0 Å². The molecule has 0 amide bonds. The number of benzene rings is 8. The zero-order valence-corrected chi connectivity index (χ0v) is 41.2. The molecule has 4 aliphatic rings. The highest BCUT2D eigenvalue weighted by molar-refractivity contribution is 5.98. The van der Waals surface area contributed by atoms with Crippen molar-refractivity contribution in [3.63, 3.8) is 0 Å². The summed E-state index contributed by atoms with van der Waals surface area (Å²) in [5, 5.41) is 1.02. The average molecular weight is 899 g/mol. The molecule has 14 rings (SSSR count). The molecule has 0 unspecified atom stereocenters. The molecule has 10 aromatic rings. The van der Waals surface area contributed by atoms with E-state index in [4.69, 9.17) is 9.97 Å². The Labute approximate surface area is 411 Å². The summed E-state index contributed by atoms with van der Waals surface area (Å²) in [7, 11) is 0. The minimum atomic E-state index is -0.157. The summed E-state index contributed by atoms with van der Waals surface area (Å²) in [5.41, 5.74) is 30.1. The van der Waals surface area contributed by atoms with Crippen molar-refractivity contribution in [3.05, 3.63) is 226 Å². The summed E-state index contributed by atoms with van der Waals surface area (Å²) >= 11 is 0. The number of hydrogen-bond donors (Lipinski definition) is 0. The Morgan fingerprint density at radius 3 is 0.814 bits per heavy atom. The van der Waals surface area contributed by atoms with E-state index in [1.807, 2.05) is 0 Å². The molecule has 0 N–H and O–H groups in total. The number of rotatable bonds is 4. The third kappa shape index (κ3) is 5.51. The Kier molecular flexibility index (Phi) is 8.25. The fourth-order valence-corrected chi connectivity index (χ4v) is 13.4. The van der Waals surface area contributed by atoms with Crippen molar-refractivity contribution < 1.29 is 0 Å². The lowest BCUT2D eigenvalue weighted by molar-refractivity contribution is 0.660. The van der Waals surface area contributed by atoms with E-state index in [1.165, 1.54) is 89.0 Å². The second kappa shape index (κ2) is 14.0. The van der Waals surface area contributed by atoms with Crippen LogP contribution in [0.3, 0.4) is 0 Å². The first-order valence-electron chi connectivity index (χ1n) is 25.1. The van der Waals surface area contributed by atoms with Crippen molar-refractivity contribution in [1.82, 2.24) is 9.97 Å². The topological polar surface area (TPSA) is 25.8 Å². The van der Waals surface area contributed by atoms with Crippen LogP contribution in [-0.4, -0.2) is 9.97 Å². The third-order valence-corrected chi connectivity index (χ3v) is 17.3. The van der Waals surface area contributed by atoms with Gasteiger partial charge in [-0.2, -0.15) is 0 Å². The highest BCUT2D eigenvalue weighted by atomic mass is 14.9. The van der Waals surface area contributed by atoms with Crippen LogP contribution in [0.1, 0.15) is 99.9 Å². The first kappa shape index (κ1) is 41.3. The highest BCUT2D eigenvalue weighted by Crippen LogP contribution is 2.55. The van der Waals surface area contributed by atoms with Gasteiger partial charge in [-0.3, -0.25) is 0 Å². The van der Waals surface area contributed by atoms with E-state index in [9.17, 15) is 0 Å². The summed E-state index contributed by atoms with van der Waals surface area (Å²) in [4.78, 5) is 11.5. The molecule has 0 saturated carbocycles. The zero-order chi connectivity index (χ0) is 47.6. The third-order valence-electron chi connectivity index (χ3n) is 17.3. The van der Waals surface area contributed by atoms with Crippen LogP contribution in [0, 0.1) is 0 Å². The van der Waals surface area contributed by atoms with Crippen LogP contribution in [0.2, 0.25) is 0 Å². The average Bonchev–Trinajstić information content (AvgIpc) is 3.95. The molecule has 0 atom stereocenters. The van der Waals surface area contributed by atoms with E-state index in [-0.39, 0.29) is 21.7 Å². The molecule has 0 fully saturated rings. The molecular weight excluding hydrogens is 845 g/mol. The van der Waals surface area contributed by atoms with Gasteiger partial charge in [0.1, 0.15) is 0 Å². The highest BCUT2D eigenvalue weighted by Gasteiger charge is 2.39. The summed E-state index contributed by atoms with van der Waals surface area (Å²) in [6.07, 6.45) is 0. The van der Waals surface area contributed by atoms with Gasteiger partial charge in [0, 0.05) is 49.3 Å². The van der Waals surface area contributed by atoms with Gasteiger partial charge in [-0.25, -0.2) is 9.97 Å². The molecule has 2 heterocycles. The number of pyridine rings is 2. The molecule has 2 aromatic heterocycles. The second-order valence-electron chi connectivity index (χ2n) is 22.5. The summed E-state index contributed by atoms with van der Waals surface area (Å²) in [6.45, 7) is 18.9. The Morgan fingerprint density at radius 1 is 0.243 bits per heavy atom. The lowest BCUT2D eigenvalue weighted by Gasteiger charge is -2.24. The van der Waals surface area contributed by atoms with Crippen molar-refractivity contribution in [2.24, 2.45) is 0 Å². The van der Waals surface area contributed by atoms with E-state index in [0.717, 1.165) is 55.8 Å². The van der Waals surface area contributed by atoms with Crippen molar-refractivity contribution in [2.45, 2.75) is 77.0 Å². The van der Waals surface area contributed by atoms with Crippen molar-refractivity contribution in [1.29, 1.82) is 0 Å². The number of fused-ring (bicyclic) bond motifs is 13. The lowest BCUT2D eigenvalue weighted by atomic mass is 9.80. The van der Waals surface area contributed by atoms with Gasteiger partial charge < -0.3 is 0 Å². The SMILES string of the molecule is CC1(C)c2ccccc2-c2ccc(-c3cc4cc(-c5ccc6c(c5)C(C)(C)c5ccccc5-6)c(-c5ccc6c(c5)C(C)(C)c5ccccc5-6)nc4nc3-c3ccc4c(c3)C(C)(C)c3ccccc3-4)cc21. The predicted octanol–water partition coefficient (Wildman–Crippen LogP) is 17.5. The Balaban J connectivity index is 1.02. The summed E-state index contributed by atoms with van der Waals surface area (Å²) < 4.78 is 0. The van der Waals surface area contributed by atoms with E-state index in [0.29, 0.717) is 0 Å². The maximum absolute atomic E-state index is 5.76. The maximum atomic E-state index is 5.76. The molecular formula is C68H54N2. The normalized spacial score (nSPS) is 16.2. The van der Waals surface area contributed by atoms with Crippen LogP contribution < -0.4 is 0 Å². The predicted molar refractivity (Wildman–Crippen MR) is 292 cm³/mol. The van der Waals surface area contributed by atoms with Gasteiger partial charge in [0.2, 0.25) is 0 Å². The molecule has 8 aromatic carbocycles. The molecule has 336 valence electrons. The van der Waals surface area contributed by atoms with E-state index in [1.54, 1.807) is 0 Å². The van der Waals surface area contributed by atoms with Crippen molar-refractivity contribution >= 4 is 11.0 Å². The Bertz CT molecular complexity index is 3440. The first-order valence-corrected chi connectivity index (χ1v) is 25.1. The van der Waals surface area contributed by atoms with Gasteiger partial charge >= 0.3 is 0 Å². The van der Waals surface area contributed by atoms with Crippen LogP contribution in [0.5, 0.6) is 0 Å². The van der Waals surface area contributed by atoms with Gasteiger partial charge in [0.15, 0.2) is 5.65 Å². The van der Waals surface area contributed by atoms with Gasteiger partial charge in [0.05, 0.1) is 11.4 Å². The largest absolute Gasteiger partial charge is 0.227 e. The minimum Gasteiger partial charge on any atom is -0.227 e. The van der Waals surface area contributed by atoms with Gasteiger partial charge in [-0.15, -0.1) is 0 Å². The molecule has 4 aliphatic carbocycles. The van der Waals surface area contributed by atoms with Gasteiger partial charge in [-0.1, -0.05) is 201 Å². The van der Waals surface area contributed by atoms with Crippen LogP contribution in [0.25, 0.3) is 100 Å². The Morgan fingerprint density at radius 2 is 0.500 bits per heavy atom. The maximum Gasteiger partial charge on any atom is 0.160 e. The van der Waals surface area contributed by atoms with Crippen molar-refractivity contribution in [3.8, 4) is 89.3 Å². The molecule has 0 spiro atoms. The number of hydrogen-bond acceptors (Lipinski definition) is 2. The summed E-state index contributed by atoms with van der Waals surface area (Å²) in [5.74, 6) is 0. The molecule has 70 heavy (non-hydrogen) atoms. The lowest BCUT2D eigenvalue weighted by Crippen LogP contribution is -2.15. The molecule has 0 saturated heterocycles. The molecule has 0 radical (unpaired) electrons. The van der Waals surface area contributed by atoms with Crippen LogP contribution in [0.4, 0.5) is 0 Å². The van der Waals surface area contributed by atoms with E-state index in [2.05, 4.69) is 237 Å². The van der Waals surface area contributed by atoms with Gasteiger partial charge in [0.25, 0.3) is 0 Å². The molecule has 2 nitrogen and oxygen atoms in total. The molecule has 0 aliphatic heterocycles. The second-order valence-corrected chi connectivity index (χ2v) is 22.5. The first-order chi connectivity index (χ1) is 33.7. The van der Waals surface area contributed by atoms with Crippen LogP contribution in [0.15, 0.2) is 182 Å². The quantitative estimate of drug-likeness (QED) is 0.176. The molecule has 2 heteroatoms. The summed E-state index contributed by atoms with van der Waals surface area (Å²) in [6, 6.07) is 68.7. The van der Waals surface area contributed by atoms with Gasteiger partial charge in [-0.05, 0) is 137 Å². The monoisotopic (exact) mass is 898 g/mol.